The zero-order valence-corrected chi connectivity index (χ0v) is 10.7. The van der Waals surface area contributed by atoms with E-state index in [1.165, 1.54) is 0 Å². The molecular formula is C16H11NO3. The fourth-order valence-corrected chi connectivity index (χ4v) is 2.97. The lowest BCUT2D eigenvalue weighted by Crippen LogP contribution is -2.01. The first-order chi connectivity index (χ1) is 9.68. The summed E-state index contributed by atoms with van der Waals surface area (Å²) < 4.78 is 5.46. The number of aromatic nitrogens is 1. The lowest BCUT2D eigenvalue weighted by atomic mass is 9.99. The van der Waals surface area contributed by atoms with E-state index in [0.717, 1.165) is 27.2 Å². The molecule has 20 heavy (non-hydrogen) atoms. The van der Waals surface area contributed by atoms with Gasteiger partial charge in [0.05, 0.1) is 17.3 Å². The molecule has 0 atom stereocenters. The number of H-pyrrole nitrogens is 1. The number of aryl methyl sites for hydroxylation is 1. The van der Waals surface area contributed by atoms with E-state index in [9.17, 15) is 9.90 Å². The summed E-state index contributed by atoms with van der Waals surface area (Å²) in [7, 11) is 0. The minimum absolute atomic E-state index is 0.305. The van der Waals surface area contributed by atoms with E-state index in [1.54, 1.807) is 13.2 Å². The van der Waals surface area contributed by atoms with Gasteiger partial charge in [0.1, 0.15) is 5.58 Å². The Bertz CT molecular complexity index is 991. The molecular weight excluding hydrogens is 254 g/mol. The molecule has 0 spiro atoms. The van der Waals surface area contributed by atoms with E-state index in [2.05, 4.69) is 4.98 Å². The Morgan fingerprint density at radius 1 is 1.20 bits per heavy atom. The van der Waals surface area contributed by atoms with Crippen LogP contribution in [0.4, 0.5) is 0 Å². The van der Waals surface area contributed by atoms with Crippen molar-refractivity contribution in [2.75, 3.05) is 0 Å². The Hall–Kier alpha value is -2.75. The van der Waals surface area contributed by atoms with Crippen molar-refractivity contribution in [2.45, 2.75) is 6.92 Å². The van der Waals surface area contributed by atoms with Crippen LogP contribution in [0.3, 0.4) is 0 Å². The van der Waals surface area contributed by atoms with Gasteiger partial charge in [-0.15, -0.1) is 0 Å². The number of furan rings is 1. The number of rotatable bonds is 1. The van der Waals surface area contributed by atoms with Gasteiger partial charge in [0.25, 0.3) is 0 Å². The fraction of sp³-hybridized carbons (Fsp3) is 0.0625. The zero-order valence-electron chi connectivity index (χ0n) is 10.7. The van der Waals surface area contributed by atoms with E-state index in [-0.39, 0.29) is 0 Å². The van der Waals surface area contributed by atoms with Gasteiger partial charge in [-0.3, -0.25) is 0 Å². The smallest absolute Gasteiger partial charge is 0.336 e. The first-order valence-electron chi connectivity index (χ1n) is 6.32. The largest absolute Gasteiger partial charge is 0.478 e. The molecule has 2 aromatic heterocycles. The van der Waals surface area contributed by atoms with Crippen molar-refractivity contribution in [2.24, 2.45) is 0 Å². The van der Waals surface area contributed by atoms with Gasteiger partial charge in [0.2, 0.25) is 0 Å². The molecule has 2 heterocycles. The summed E-state index contributed by atoms with van der Waals surface area (Å²) in [5, 5.41) is 12.2. The van der Waals surface area contributed by atoms with E-state index >= 15 is 0 Å². The van der Waals surface area contributed by atoms with Gasteiger partial charge in [-0.25, -0.2) is 4.79 Å². The van der Waals surface area contributed by atoms with Gasteiger partial charge in [-0.05, 0) is 19.1 Å². The zero-order chi connectivity index (χ0) is 13.9. The number of nitrogens with one attached hydrogen (secondary N) is 1. The topological polar surface area (TPSA) is 66.2 Å². The average Bonchev–Trinajstić information content (AvgIpc) is 3.02. The van der Waals surface area contributed by atoms with Crippen molar-refractivity contribution in [3.63, 3.8) is 0 Å². The van der Waals surface area contributed by atoms with Gasteiger partial charge in [0.15, 0.2) is 0 Å². The number of aromatic amines is 1. The molecule has 0 aliphatic heterocycles. The van der Waals surface area contributed by atoms with Crippen LogP contribution in [-0.4, -0.2) is 16.1 Å². The number of fused-ring (bicyclic) bond motifs is 5. The first kappa shape index (κ1) is 11.1. The van der Waals surface area contributed by atoms with Gasteiger partial charge in [-0.2, -0.15) is 0 Å². The molecule has 0 saturated carbocycles. The number of para-hydroxylation sites is 1. The number of aromatic carboxylic acids is 1. The van der Waals surface area contributed by atoms with Gasteiger partial charge < -0.3 is 14.5 Å². The number of carbonyl (C=O) groups is 1. The number of hydrogen-bond acceptors (Lipinski definition) is 2. The standard InChI is InChI=1S/C16H11NO3/c1-8-12(16(18)19)13-9-4-2-3-5-11(9)17-14(13)10-6-7-20-15(8)10/h2-7,17H,1H3,(H,18,19). The highest BCUT2D eigenvalue weighted by Gasteiger charge is 2.21. The Morgan fingerprint density at radius 2 is 2.00 bits per heavy atom. The summed E-state index contributed by atoms with van der Waals surface area (Å²) in [5.74, 6) is -0.935. The molecule has 0 saturated heterocycles. The Kier molecular flexibility index (Phi) is 2.02. The summed E-state index contributed by atoms with van der Waals surface area (Å²) in [4.78, 5) is 15.0. The Balaban J connectivity index is 2.42. The summed E-state index contributed by atoms with van der Waals surface area (Å²) in [5.41, 5.74) is 3.34. The van der Waals surface area contributed by atoms with Crippen molar-refractivity contribution in [3.8, 4) is 0 Å². The normalized spacial score (nSPS) is 11.7. The Labute approximate surface area is 113 Å². The number of hydrogen-bond donors (Lipinski definition) is 2. The van der Waals surface area contributed by atoms with E-state index in [0.29, 0.717) is 16.7 Å². The second-order valence-corrected chi connectivity index (χ2v) is 4.89. The van der Waals surface area contributed by atoms with Gasteiger partial charge >= 0.3 is 5.97 Å². The highest BCUT2D eigenvalue weighted by Crippen LogP contribution is 2.37. The van der Waals surface area contributed by atoms with Crippen molar-refractivity contribution >= 4 is 38.7 Å². The minimum Gasteiger partial charge on any atom is -0.478 e. The van der Waals surface area contributed by atoms with Crippen LogP contribution in [-0.2, 0) is 0 Å². The number of benzene rings is 2. The molecule has 2 aromatic carbocycles. The monoisotopic (exact) mass is 265 g/mol. The van der Waals surface area contributed by atoms with Crippen molar-refractivity contribution < 1.29 is 14.3 Å². The molecule has 0 unspecified atom stereocenters. The average molecular weight is 265 g/mol. The molecule has 0 radical (unpaired) electrons. The third kappa shape index (κ3) is 1.23. The van der Waals surface area contributed by atoms with Crippen molar-refractivity contribution in [1.29, 1.82) is 0 Å². The van der Waals surface area contributed by atoms with Crippen LogP contribution < -0.4 is 0 Å². The Morgan fingerprint density at radius 3 is 2.80 bits per heavy atom. The van der Waals surface area contributed by atoms with Crippen LogP contribution >= 0.6 is 0 Å². The molecule has 0 aliphatic carbocycles. The molecule has 4 heteroatoms. The molecule has 0 aliphatic rings. The fourth-order valence-electron chi connectivity index (χ4n) is 2.97. The lowest BCUT2D eigenvalue weighted by Gasteiger charge is -2.05. The maximum Gasteiger partial charge on any atom is 0.336 e. The molecule has 2 N–H and O–H groups in total. The SMILES string of the molecule is Cc1c(C(=O)O)c2c3ccccc3[nH]c2c2ccoc12. The maximum atomic E-state index is 11.7. The van der Waals surface area contributed by atoms with Crippen LogP contribution in [0.15, 0.2) is 41.0 Å². The van der Waals surface area contributed by atoms with E-state index < -0.39 is 5.97 Å². The second-order valence-electron chi connectivity index (χ2n) is 4.89. The van der Waals surface area contributed by atoms with Crippen molar-refractivity contribution in [1.82, 2.24) is 4.98 Å². The van der Waals surface area contributed by atoms with Crippen LogP contribution in [0.2, 0.25) is 0 Å². The summed E-state index contributed by atoms with van der Waals surface area (Å²) >= 11 is 0. The number of carboxylic acid groups (broad SMARTS) is 1. The molecule has 98 valence electrons. The van der Waals surface area contributed by atoms with Crippen LogP contribution in [0.25, 0.3) is 32.8 Å². The quantitative estimate of drug-likeness (QED) is 0.545. The summed E-state index contributed by atoms with van der Waals surface area (Å²) in [6.07, 6.45) is 1.59. The van der Waals surface area contributed by atoms with Crippen LogP contribution in [0, 0.1) is 6.92 Å². The minimum atomic E-state index is -0.935. The van der Waals surface area contributed by atoms with E-state index in [1.807, 2.05) is 30.3 Å². The summed E-state index contributed by atoms with van der Waals surface area (Å²) in [6, 6.07) is 9.59. The second kappa shape index (κ2) is 3.63. The van der Waals surface area contributed by atoms with Gasteiger partial charge in [0, 0.05) is 27.2 Å². The highest BCUT2D eigenvalue weighted by molar-refractivity contribution is 6.24. The molecule has 4 nitrogen and oxygen atoms in total. The highest BCUT2D eigenvalue weighted by atomic mass is 16.4. The molecule has 0 amide bonds. The first-order valence-corrected chi connectivity index (χ1v) is 6.32. The predicted octanol–water partition coefficient (Wildman–Crippen LogP) is 4.07. The lowest BCUT2D eigenvalue weighted by molar-refractivity contribution is 0.0698. The van der Waals surface area contributed by atoms with Gasteiger partial charge in [-0.1, -0.05) is 18.2 Å². The maximum absolute atomic E-state index is 11.7. The predicted molar refractivity (Wildman–Crippen MR) is 77.3 cm³/mol. The molecule has 4 rings (SSSR count). The van der Waals surface area contributed by atoms with Crippen molar-refractivity contribution in [3.05, 3.63) is 47.7 Å². The summed E-state index contributed by atoms with van der Waals surface area (Å²) in [6.45, 7) is 1.79. The molecule has 0 fully saturated rings. The van der Waals surface area contributed by atoms with E-state index in [4.69, 9.17) is 4.42 Å². The molecule has 0 bridgehead atoms. The molecule has 4 aromatic rings. The van der Waals surface area contributed by atoms with Crippen LogP contribution in [0.5, 0.6) is 0 Å². The third-order valence-corrected chi connectivity index (χ3v) is 3.82. The van der Waals surface area contributed by atoms with Crippen LogP contribution in [0.1, 0.15) is 15.9 Å². The number of carboxylic acids is 1. The third-order valence-electron chi connectivity index (χ3n) is 3.82.